The summed E-state index contributed by atoms with van der Waals surface area (Å²) in [6.45, 7) is 0. The molecule has 0 aliphatic heterocycles. The summed E-state index contributed by atoms with van der Waals surface area (Å²) in [6.07, 6.45) is 0. The van der Waals surface area contributed by atoms with Crippen molar-refractivity contribution in [2.45, 2.75) is 0 Å². The summed E-state index contributed by atoms with van der Waals surface area (Å²) in [7, 11) is -2.52. The molecule has 0 unspecified atom stereocenters. The van der Waals surface area contributed by atoms with Gasteiger partial charge < -0.3 is 0 Å². The van der Waals surface area contributed by atoms with Crippen LogP contribution in [0.15, 0.2) is 95.7 Å². The van der Waals surface area contributed by atoms with Gasteiger partial charge in [0.05, 0.1) is 7.05 Å². The zero-order chi connectivity index (χ0) is 20.3. The first-order chi connectivity index (χ1) is 14.1. The van der Waals surface area contributed by atoms with Gasteiger partial charge in [-0.05, 0) is 0 Å². The van der Waals surface area contributed by atoms with Crippen molar-refractivity contribution in [2.24, 2.45) is 4.74 Å². The van der Waals surface area contributed by atoms with E-state index in [2.05, 4.69) is 46.6 Å². The van der Waals surface area contributed by atoms with Gasteiger partial charge in [0.15, 0.2) is 10.3 Å². The molecule has 3 nitrogen and oxygen atoms in total. The van der Waals surface area contributed by atoms with Crippen LogP contribution < -0.4 is 15.9 Å². The van der Waals surface area contributed by atoms with E-state index in [1.807, 2.05) is 54.6 Å². The minimum absolute atomic E-state index is 0.0714. The van der Waals surface area contributed by atoms with Crippen molar-refractivity contribution in [3.8, 4) is 0 Å². The van der Waals surface area contributed by atoms with Crippen LogP contribution in [0.25, 0.3) is 0 Å². The molecule has 29 heavy (non-hydrogen) atoms. The Hall–Kier alpha value is -2.16. The minimum atomic E-state index is -2.52. The van der Waals surface area contributed by atoms with Crippen LogP contribution in [0.3, 0.4) is 0 Å². The van der Waals surface area contributed by atoms with Gasteiger partial charge in [0.2, 0.25) is 0 Å². The van der Waals surface area contributed by atoms with Crippen molar-refractivity contribution in [2.75, 3.05) is 0 Å². The van der Waals surface area contributed by atoms with Crippen LogP contribution >= 0.6 is 41.9 Å². The molecule has 0 atom stereocenters. The number of benzene rings is 3. The predicted molar refractivity (Wildman–Crippen MR) is 124 cm³/mol. The Morgan fingerprint density at radius 1 is 0.552 bits per heavy atom. The number of hydrogen-bond acceptors (Lipinski definition) is 3. The van der Waals surface area contributed by atoms with Crippen molar-refractivity contribution in [3.63, 3.8) is 0 Å². The van der Waals surface area contributed by atoms with Gasteiger partial charge >= 0.3 is 0 Å². The van der Waals surface area contributed by atoms with Crippen LogP contribution in [0, 0.1) is 0 Å². The summed E-state index contributed by atoms with van der Waals surface area (Å²) >= 11 is 19.0. The van der Waals surface area contributed by atoms with Crippen LogP contribution in [0.1, 0.15) is 0 Å². The Morgan fingerprint density at radius 3 is 1.34 bits per heavy atom. The third-order valence-corrected chi connectivity index (χ3v) is 9.06. The smallest absolute Gasteiger partial charge is 0.178 e. The molecule has 0 aliphatic carbocycles. The van der Waals surface area contributed by atoms with E-state index in [-0.39, 0.29) is 15.3 Å². The second-order valence-corrected chi connectivity index (χ2v) is 10.3. The third-order valence-electron chi connectivity index (χ3n) is 4.45. The number of nitrogens with zero attached hydrogens (tertiary/aromatic N) is 3. The molecular formula is C22H15Cl3N3P. The van der Waals surface area contributed by atoms with Crippen LogP contribution in [0.2, 0.25) is 15.3 Å². The average Bonchev–Trinajstić information content (AvgIpc) is 2.79. The first-order valence-electron chi connectivity index (χ1n) is 8.79. The zero-order valence-corrected chi connectivity index (χ0v) is 18.2. The molecule has 3 aromatic carbocycles. The number of rotatable bonds is 4. The fourth-order valence-electron chi connectivity index (χ4n) is 3.15. The molecule has 0 bridgehead atoms. The van der Waals surface area contributed by atoms with Crippen LogP contribution in [0.5, 0.6) is 0 Å². The topological polar surface area (TPSA) is 38.1 Å². The SMILES string of the molecule is Clc1nnc(Cl)c(N=P(c2ccccc2)(c2ccccc2)c2ccccc2)c1Cl. The summed E-state index contributed by atoms with van der Waals surface area (Å²) in [5.41, 5.74) is 0.346. The van der Waals surface area contributed by atoms with Crippen molar-refractivity contribution in [3.05, 3.63) is 106 Å². The summed E-state index contributed by atoms with van der Waals surface area (Å²) in [4.78, 5) is 0. The Bertz CT molecular complexity index is 1080. The number of aromatic nitrogens is 2. The molecule has 7 heteroatoms. The van der Waals surface area contributed by atoms with E-state index in [4.69, 9.17) is 39.5 Å². The highest BCUT2D eigenvalue weighted by Crippen LogP contribution is 2.52. The van der Waals surface area contributed by atoms with Gasteiger partial charge in [-0.25, -0.2) is 4.74 Å². The average molecular weight is 459 g/mol. The van der Waals surface area contributed by atoms with Gasteiger partial charge in [0.1, 0.15) is 10.7 Å². The lowest BCUT2D eigenvalue weighted by Crippen LogP contribution is -2.25. The molecule has 0 amide bonds. The zero-order valence-electron chi connectivity index (χ0n) is 15.1. The van der Waals surface area contributed by atoms with Crippen LogP contribution in [0.4, 0.5) is 5.69 Å². The Labute approximate surface area is 184 Å². The van der Waals surface area contributed by atoms with E-state index in [1.165, 1.54) is 0 Å². The number of hydrogen-bond donors (Lipinski definition) is 0. The molecule has 0 radical (unpaired) electrons. The number of halogens is 3. The van der Waals surface area contributed by atoms with Crippen molar-refractivity contribution in [1.82, 2.24) is 10.2 Å². The molecule has 0 spiro atoms. The van der Waals surface area contributed by atoms with Crippen molar-refractivity contribution < 1.29 is 0 Å². The lowest BCUT2D eigenvalue weighted by atomic mass is 10.4. The highest BCUT2D eigenvalue weighted by atomic mass is 35.5. The molecule has 4 aromatic rings. The quantitative estimate of drug-likeness (QED) is 0.339. The lowest BCUT2D eigenvalue weighted by Gasteiger charge is -2.27. The second kappa shape index (κ2) is 8.69. The first-order valence-corrected chi connectivity index (χ1v) is 11.7. The molecule has 4 rings (SSSR count). The van der Waals surface area contributed by atoms with Gasteiger partial charge in [0, 0.05) is 15.9 Å². The fraction of sp³-hybridized carbons (Fsp3) is 0. The molecule has 0 N–H and O–H groups in total. The van der Waals surface area contributed by atoms with Gasteiger partial charge in [-0.15, -0.1) is 10.2 Å². The van der Waals surface area contributed by atoms with E-state index in [0.29, 0.717) is 5.69 Å². The molecule has 0 saturated heterocycles. The normalized spacial score (nSPS) is 11.3. The highest BCUT2D eigenvalue weighted by Gasteiger charge is 2.29. The fourth-order valence-corrected chi connectivity index (χ4v) is 7.34. The largest absolute Gasteiger partial charge is 0.249 e. The highest BCUT2D eigenvalue weighted by molar-refractivity contribution is 7.87. The molecular weight excluding hydrogens is 444 g/mol. The molecule has 144 valence electrons. The van der Waals surface area contributed by atoms with Crippen molar-refractivity contribution >= 4 is 63.5 Å². The Balaban J connectivity index is 2.20. The van der Waals surface area contributed by atoms with Crippen LogP contribution in [-0.2, 0) is 0 Å². The van der Waals surface area contributed by atoms with E-state index >= 15 is 0 Å². The van der Waals surface area contributed by atoms with E-state index in [1.54, 1.807) is 0 Å². The minimum Gasteiger partial charge on any atom is -0.249 e. The van der Waals surface area contributed by atoms with E-state index in [9.17, 15) is 0 Å². The first kappa shape index (κ1) is 20.1. The standard InChI is InChI=1S/C22H15Cl3N3P/c23-19-20(22(25)27-26-21(19)24)28-29(16-10-4-1-5-11-16,17-12-6-2-7-13-17)18-14-8-3-9-15-18/h1-15H. The van der Waals surface area contributed by atoms with Gasteiger partial charge in [-0.2, -0.15) is 0 Å². The second-order valence-electron chi connectivity index (χ2n) is 6.19. The summed E-state index contributed by atoms with van der Waals surface area (Å²) in [6, 6.07) is 30.5. The maximum absolute atomic E-state index is 6.47. The monoisotopic (exact) mass is 457 g/mol. The molecule has 0 aliphatic rings. The van der Waals surface area contributed by atoms with Gasteiger partial charge in [0.25, 0.3) is 0 Å². The van der Waals surface area contributed by atoms with Gasteiger partial charge in [-0.3, -0.25) is 0 Å². The lowest BCUT2D eigenvalue weighted by molar-refractivity contribution is 1.03. The van der Waals surface area contributed by atoms with Crippen molar-refractivity contribution in [1.29, 1.82) is 0 Å². The summed E-state index contributed by atoms with van der Waals surface area (Å²) in [5.74, 6) is 0. The van der Waals surface area contributed by atoms with E-state index in [0.717, 1.165) is 15.9 Å². The summed E-state index contributed by atoms with van der Waals surface area (Å²) < 4.78 is 5.22. The van der Waals surface area contributed by atoms with Crippen LogP contribution in [-0.4, -0.2) is 10.2 Å². The van der Waals surface area contributed by atoms with Gasteiger partial charge in [-0.1, -0.05) is 126 Å². The summed E-state index contributed by atoms with van der Waals surface area (Å²) in [5, 5.41) is 11.3. The van der Waals surface area contributed by atoms with E-state index < -0.39 is 7.05 Å². The maximum atomic E-state index is 6.47. The molecule has 1 aromatic heterocycles. The molecule has 0 fully saturated rings. The molecule has 0 saturated carbocycles. The maximum Gasteiger partial charge on any atom is 0.178 e. The predicted octanol–water partition coefficient (Wildman–Crippen LogP) is 6.25. The third kappa shape index (κ3) is 3.84. The Kier molecular flexibility index (Phi) is 6.03. The Morgan fingerprint density at radius 2 is 0.931 bits per heavy atom. The molecule has 1 heterocycles.